The van der Waals surface area contributed by atoms with E-state index in [4.69, 9.17) is 4.98 Å². The zero-order chi connectivity index (χ0) is 30.2. The van der Waals surface area contributed by atoms with Crippen LogP contribution in [0.15, 0.2) is 48.7 Å². The number of rotatable bonds is 9. The highest BCUT2D eigenvalue weighted by atomic mass is 32.2. The summed E-state index contributed by atoms with van der Waals surface area (Å²) in [5, 5.41) is 3.42. The number of carbonyl (C=O) groups is 1. The SMILES string of the molecule is CC(C)N1C(=O)N(c2ccc(NS(=O)(=O)Cc3ccc(F)cc3)c(F)c2)Cc2cnc(N[C@@H]3CC[C@@H](N(C)C)C3)nc21. The quantitative estimate of drug-likeness (QED) is 0.358. The fourth-order valence-electron chi connectivity index (χ4n) is 5.41. The molecule has 1 aliphatic heterocycles. The van der Waals surface area contributed by atoms with Gasteiger partial charge in [-0.15, -0.1) is 0 Å². The number of hydrogen-bond acceptors (Lipinski definition) is 7. The molecule has 0 bridgehead atoms. The fourth-order valence-corrected chi connectivity index (χ4v) is 6.62. The van der Waals surface area contributed by atoms with Crippen LogP contribution < -0.4 is 19.8 Å². The molecule has 1 aromatic heterocycles. The Balaban J connectivity index is 1.33. The highest BCUT2D eigenvalue weighted by Gasteiger charge is 2.35. The summed E-state index contributed by atoms with van der Waals surface area (Å²) in [7, 11) is 0.177. The highest BCUT2D eigenvalue weighted by Crippen LogP contribution is 2.34. The predicted molar refractivity (Wildman–Crippen MR) is 159 cm³/mol. The topological polar surface area (TPSA) is 111 Å². The van der Waals surface area contributed by atoms with E-state index in [0.717, 1.165) is 37.5 Å². The number of nitrogens with zero attached hydrogens (tertiary/aromatic N) is 5. The van der Waals surface area contributed by atoms with E-state index in [2.05, 4.69) is 34.0 Å². The number of urea groups is 1. The minimum atomic E-state index is -3.98. The summed E-state index contributed by atoms with van der Waals surface area (Å²) in [6.07, 6.45) is 4.77. The molecular formula is C29H35F2N7O3S. The number of amides is 2. The van der Waals surface area contributed by atoms with Crippen LogP contribution in [0.1, 0.15) is 44.2 Å². The molecule has 0 saturated heterocycles. The first-order valence-corrected chi connectivity index (χ1v) is 15.5. The third-order valence-corrected chi connectivity index (χ3v) is 8.86. The van der Waals surface area contributed by atoms with Crippen LogP contribution >= 0.6 is 0 Å². The van der Waals surface area contributed by atoms with Gasteiger partial charge in [0, 0.05) is 35.6 Å². The van der Waals surface area contributed by atoms with Crippen LogP contribution in [0.25, 0.3) is 0 Å². The number of sulfonamides is 1. The molecule has 5 rings (SSSR count). The van der Waals surface area contributed by atoms with E-state index in [0.29, 0.717) is 28.9 Å². The molecule has 2 amide bonds. The molecule has 3 aromatic rings. The number of nitrogens with one attached hydrogen (secondary N) is 2. The largest absolute Gasteiger partial charge is 0.351 e. The summed E-state index contributed by atoms with van der Waals surface area (Å²) in [5.41, 5.74) is 1.07. The molecule has 2 atom stereocenters. The summed E-state index contributed by atoms with van der Waals surface area (Å²) < 4.78 is 55.8. The van der Waals surface area contributed by atoms with Gasteiger partial charge in [-0.25, -0.2) is 27.0 Å². The molecule has 10 nitrogen and oxygen atoms in total. The van der Waals surface area contributed by atoms with E-state index >= 15 is 4.39 Å². The van der Waals surface area contributed by atoms with E-state index in [1.165, 1.54) is 29.2 Å². The lowest BCUT2D eigenvalue weighted by molar-refractivity contribution is 0.248. The lowest BCUT2D eigenvalue weighted by Gasteiger charge is -2.38. The van der Waals surface area contributed by atoms with Gasteiger partial charge < -0.3 is 10.2 Å². The number of hydrogen-bond donors (Lipinski definition) is 2. The first-order chi connectivity index (χ1) is 19.9. The number of aromatic nitrogens is 2. The average molecular weight is 600 g/mol. The minimum Gasteiger partial charge on any atom is -0.351 e. The molecule has 2 aromatic carbocycles. The van der Waals surface area contributed by atoms with Crippen molar-refractivity contribution in [3.05, 3.63) is 71.4 Å². The van der Waals surface area contributed by atoms with Crippen LogP contribution in [0.3, 0.4) is 0 Å². The summed E-state index contributed by atoms with van der Waals surface area (Å²) in [4.78, 5) is 28.1. The number of halogens is 2. The summed E-state index contributed by atoms with van der Waals surface area (Å²) in [5.74, 6) is -0.798. The molecule has 42 heavy (non-hydrogen) atoms. The van der Waals surface area contributed by atoms with Crippen LogP contribution in [0.5, 0.6) is 0 Å². The molecule has 0 spiro atoms. The van der Waals surface area contributed by atoms with Gasteiger partial charge in [0.15, 0.2) is 0 Å². The van der Waals surface area contributed by atoms with Crippen molar-refractivity contribution in [2.24, 2.45) is 0 Å². The third-order valence-electron chi connectivity index (χ3n) is 7.62. The van der Waals surface area contributed by atoms with Crippen LogP contribution in [-0.2, 0) is 22.3 Å². The third kappa shape index (κ3) is 6.46. The number of carbonyl (C=O) groups excluding carboxylic acids is 1. The Morgan fingerprint density at radius 2 is 1.83 bits per heavy atom. The van der Waals surface area contributed by atoms with E-state index in [-0.39, 0.29) is 36.0 Å². The molecule has 13 heteroatoms. The van der Waals surface area contributed by atoms with E-state index in [9.17, 15) is 17.6 Å². The lowest BCUT2D eigenvalue weighted by atomic mass is 10.1. The molecule has 1 fully saturated rings. The van der Waals surface area contributed by atoms with Gasteiger partial charge in [-0.05, 0) is 83.1 Å². The Hall–Kier alpha value is -3.84. The second-order valence-corrected chi connectivity index (χ2v) is 13.0. The zero-order valence-electron chi connectivity index (χ0n) is 24.0. The lowest BCUT2D eigenvalue weighted by Crippen LogP contribution is -2.51. The van der Waals surface area contributed by atoms with Crippen molar-refractivity contribution in [2.45, 2.75) is 63.5 Å². The zero-order valence-corrected chi connectivity index (χ0v) is 24.8. The van der Waals surface area contributed by atoms with Gasteiger partial charge in [0.25, 0.3) is 0 Å². The van der Waals surface area contributed by atoms with Crippen molar-refractivity contribution in [1.29, 1.82) is 0 Å². The maximum Gasteiger partial charge on any atom is 0.330 e. The summed E-state index contributed by atoms with van der Waals surface area (Å²) in [6, 6.07) is 9.04. The van der Waals surface area contributed by atoms with Crippen molar-refractivity contribution in [3.63, 3.8) is 0 Å². The molecule has 2 heterocycles. The van der Waals surface area contributed by atoms with Crippen molar-refractivity contribution in [2.75, 3.05) is 33.9 Å². The van der Waals surface area contributed by atoms with Gasteiger partial charge in [0.05, 0.1) is 18.0 Å². The second kappa shape index (κ2) is 11.8. The molecule has 0 unspecified atom stereocenters. The van der Waals surface area contributed by atoms with Crippen molar-refractivity contribution in [3.8, 4) is 0 Å². The predicted octanol–water partition coefficient (Wildman–Crippen LogP) is 4.95. The standard InChI is InChI=1S/C29H35F2N7O3S/c1-18(2)38-27-20(15-32-28(34-27)33-22-9-10-23(13-22)36(3)4)16-37(29(38)39)24-11-12-26(25(31)14-24)35-42(40,41)17-19-5-7-21(30)8-6-19/h5-8,11-12,14-15,18,22-23,35H,9-10,13,16-17H2,1-4H3,(H,32,33,34)/t22-,23-/m1/s1. The van der Waals surface area contributed by atoms with Gasteiger partial charge >= 0.3 is 6.03 Å². The Kier molecular flexibility index (Phi) is 8.33. The van der Waals surface area contributed by atoms with Gasteiger partial charge in [0.2, 0.25) is 16.0 Å². The second-order valence-electron chi connectivity index (χ2n) is 11.3. The molecule has 0 radical (unpaired) electrons. The monoisotopic (exact) mass is 599 g/mol. The maximum atomic E-state index is 15.2. The molecular weight excluding hydrogens is 564 g/mol. The molecule has 1 aliphatic carbocycles. The highest BCUT2D eigenvalue weighted by molar-refractivity contribution is 7.91. The molecule has 1 saturated carbocycles. The number of benzene rings is 2. The van der Waals surface area contributed by atoms with E-state index in [1.807, 2.05) is 13.8 Å². The Bertz CT molecular complexity index is 1570. The van der Waals surface area contributed by atoms with E-state index in [1.54, 1.807) is 11.1 Å². The molecule has 2 aliphatic rings. The first-order valence-electron chi connectivity index (χ1n) is 13.8. The summed E-state index contributed by atoms with van der Waals surface area (Å²) in [6.45, 7) is 3.87. The molecule has 2 N–H and O–H groups in total. The number of anilines is 4. The minimum absolute atomic E-state index is 0.124. The normalized spacial score (nSPS) is 19.0. The van der Waals surface area contributed by atoms with Gasteiger partial charge in [-0.1, -0.05) is 12.1 Å². The van der Waals surface area contributed by atoms with E-state index < -0.39 is 27.4 Å². The van der Waals surface area contributed by atoms with Crippen LogP contribution in [-0.4, -0.2) is 61.5 Å². The number of fused-ring (bicyclic) bond motifs is 1. The van der Waals surface area contributed by atoms with Crippen LogP contribution in [0.2, 0.25) is 0 Å². The van der Waals surface area contributed by atoms with Gasteiger partial charge in [-0.3, -0.25) is 14.5 Å². The maximum absolute atomic E-state index is 15.2. The van der Waals surface area contributed by atoms with Crippen LogP contribution in [0.4, 0.5) is 36.7 Å². The van der Waals surface area contributed by atoms with Crippen molar-refractivity contribution >= 4 is 39.2 Å². The van der Waals surface area contributed by atoms with Crippen LogP contribution in [0, 0.1) is 11.6 Å². The van der Waals surface area contributed by atoms with Crippen molar-refractivity contribution in [1.82, 2.24) is 14.9 Å². The molecule has 224 valence electrons. The van der Waals surface area contributed by atoms with Crippen molar-refractivity contribution < 1.29 is 22.0 Å². The smallest absolute Gasteiger partial charge is 0.330 e. The first kappa shape index (κ1) is 29.6. The summed E-state index contributed by atoms with van der Waals surface area (Å²) >= 11 is 0. The van der Waals surface area contributed by atoms with Gasteiger partial charge in [-0.2, -0.15) is 4.98 Å². The Morgan fingerprint density at radius 1 is 1.10 bits per heavy atom. The Labute approximate surface area is 244 Å². The van der Waals surface area contributed by atoms with Gasteiger partial charge in [0.1, 0.15) is 17.5 Å². The average Bonchev–Trinajstić information content (AvgIpc) is 3.39. The Morgan fingerprint density at radius 3 is 2.48 bits per heavy atom. The fraction of sp³-hybridized carbons (Fsp3) is 0.414.